The molecular formula is C32H29FN6O5. The maximum atomic E-state index is 14.3. The quantitative estimate of drug-likeness (QED) is 0.284. The van der Waals surface area contributed by atoms with E-state index in [1.54, 1.807) is 24.5 Å². The van der Waals surface area contributed by atoms with Gasteiger partial charge in [-0.1, -0.05) is 42.5 Å². The predicted molar refractivity (Wildman–Crippen MR) is 161 cm³/mol. The molecule has 44 heavy (non-hydrogen) atoms. The minimum Gasteiger partial charge on any atom is -0.481 e. The van der Waals surface area contributed by atoms with Crippen molar-refractivity contribution in [2.75, 3.05) is 49.3 Å². The van der Waals surface area contributed by atoms with Gasteiger partial charge in [-0.2, -0.15) is 0 Å². The van der Waals surface area contributed by atoms with E-state index < -0.39 is 11.7 Å². The summed E-state index contributed by atoms with van der Waals surface area (Å²) in [6, 6.07) is 17.6. The van der Waals surface area contributed by atoms with Crippen molar-refractivity contribution in [2.45, 2.75) is 13.0 Å². The molecule has 0 aliphatic carbocycles. The number of carbonyl (C=O) groups is 1. The van der Waals surface area contributed by atoms with Crippen LogP contribution in [0.25, 0.3) is 17.2 Å². The molecule has 5 aromatic rings. The number of hydrogen-bond acceptors (Lipinski definition) is 8. The van der Waals surface area contributed by atoms with Gasteiger partial charge in [0, 0.05) is 37.6 Å². The molecule has 3 aromatic heterocycles. The third-order valence-corrected chi connectivity index (χ3v) is 7.66. The minimum atomic E-state index is -0.509. The number of aromatic amines is 1. The Morgan fingerprint density at radius 2 is 1.75 bits per heavy atom. The van der Waals surface area contributed by atoms with Crippen LogP contribution in [0.1, 0.15) is 16.8 Å². The first-order valence-electron chi connectivity index (χ1n) is 14.4. The molecule has 2 aliphatic rings. The summed E-state index contributed by atoms with van der Waals surface area (Å²) in [6.07, 6.45) is 3.34. The molecule has 0 radical (unpaired) electrons. The Morgan fingerprint density at radius 3 is 2.50 bits per heavy atom. The predicted octanol–water partition coefficient (Wildman–Crippen LogP) is 4.19. The van der Waals surface area contributed by atoms with E-state index >= 15 is 0 Å². The number of fused-ring (bicyclic) bond motifs is 1. The average molecular weight is 597 g/mol. The molecule has 1 N–H and O–H groups in total. The third kappa shape index (κ3) is 5.47. The van der Waals surface area contributed by atoms with E-state index in [2.05, 4.69) is 14.9 Å². The number of pyridine rings is 1. The molecular weight excluding hydrogens is 567 g/mol. The number of carbonyl (C=O) groups excluding carboxylic acids is 1. The number of benzene rings is 2. The Morgan fingerprint density at radius 1 is 0.955 bits per heavy atom. The number of hydrogen-bond donors (Lipinski definition) is 1. The van der Waals surface area contributed by atoms with Gasteiger partial charge in [-0.25, -0.2) is 19.2 Å². The standard InChI is InChI=1S/C32H29FN6O5/c33-23-8-6-21(7-9-23)16-24-18-34-29(35-24)27-28(44-20-22-4-2-1-3-5-22)31(40)39-19-25(37-10-13-42-14-11-37)17-26(30(39)36-27)38-12-15-43-32(38)41/h1-9,17-19H,10-16,20H2,(H,34,35). The number of nitrogens with zero attached hydrogens (tertiary/aromatic N) is 5. The number of anilines is 2. The topological polar surface area (TPSA) is 114 Å². The molecule has 0 atom stereocenters. The van der Waals surface area contributed by atoms with Crippen molar-refractivity contribution in [3.05, 3.63) is 106 Å². The van der Waals surface area contributed by atoms with Gasteiger partial charge in [0.2, 0.25) is 5.75 Å². The fraction of sp³-hybridized carbons (Fsp3) is 0.250. The van der Waals surface area contributed by atoms with Crippen molar-refractivity contribution in [1.29, 1.82) is 0 Å². The van der Waals surface area contributed by atoms with Gasteiger partial charge >= 0.3 is 11.7 Å². The summed E-state index contributed by atoms with van der Waals surface area (Å²) in [5, 5.41) is 0. The van der Waals surface area contributed by atoms with E-state index in [0.29, 0.717) is 50.8 Å². The molecule has 0 unspecified atom stereocenters. The molecule has 12 heteroatoms. The summed E-state index contributed by atoms with van der Waals surface area (Å²) in [7, 11) is 0. The van der Waals surface area contributed by atoms with Gasteiger partial charge in [0.1, 0.15) is 19.0 Å². The maximum Gasteiger partial charge on any atom is 0.414 e. The number of H-pyrrole nitrogens is 1. The van der Waals surface area contributed by atoms with E-state index in [4.69, 9.17) is 19.2 Å². The second-order valence-corrected chi connectivity index (χ2v) is 10.6. The number of morpholine rings is 1. The Labute approximate surface area is 251 Å². The van der Waals surface area contributed by atoms with Crippen molar-refractivity contribution in [3.8, 4) is 17.3 Å². The highest BCUT2D eigenvalue weighted by molar-refractivity contribution is 5.95. The second-order valence-electron chi connectivity index (χ2n) is 10.6. The zero-order valence-electron chi connectivity index (χ0n) is 23.7. The summed E-state index contributed by atoms with van der Waals surface area (Å²) in [5.74, 6) is 0.0367. The van der Waals surface area contributed by atoms with Crippen LogP contribution in [0.15, 0.2) is 77.9 Å². The van der Waals surface area contributed by atoms with Crippen LogP contribution >= 0.6 is 0 Å². The lowest BCUT2D eigenvalue weighted by molar-refractivity contribution is 0.122. The van der Waals surface area contributed by atoms with E-state index in [1.165, 1.54) is 21.4 Å². The molecule has 224 valence electrons. The van der Waals surface area contributed by atoms with E-state index in [1.807, 2.05) is 36.4 Å². The molecule has 0 bridgehead atoms. The Kier molecular flexibility index (Phi) is 7.40. The Balaban J connectivity index is 1.37. The SMILES string of the molecule is O=C1OCCN1c1cc(N2CCOCC2)cn2c(=O)c(OCc3ccccc3)c(-c3ncc(Cc4ccc(F)cc4)[nH]3)nc12. The average Bonchev–Trinajstić information content (AvgIpc) is 3.71. The van der Waals surface area contributed by atoms with Gasteiger partial charge in [-0.15, -0.1) is 0 Å². The number of nitrogens with one attached hydrogen (secondary N) is 1. The van der Waals surface area contributed by atoms with Gasteiger partial charge in [-0.05, 0) is 29.3 Å². The van der Waals surface area contributed by atoms with Gasteiger partial charge in [0.15, 0.2) is 17.2 Å². The van der Waals surface area contributed by atoms with Crippen LogP contribution in [-0.4, -0.2) is 64.9 Å². The Hall–Kier alpha value is -5.23. The number of amides is 1. The van der Waals surface area contributed by atoms with Crippen LogP contribution < -0.4 is 20.1 Å². The fourth-order valence-electron chi connectivity index (χ4n) is 5.41. The molecule has 2 saturated heterocycles. The van der Waals surface area contributed by atoms with Crippen LogP contribution in [0.3, 0.4) is 0 Å². The smallest absolute Gasteiger partial charge is 0.414 e. The monoisotopic (exact) mass is 596 g/mol. The highest BCUT2D eigenvalue weighted by Gasteiger charge is 2.30. The first-order valence-corrected chi connectivity index (χ1v) is 14.4. The minimum absolute atomic E-state index is 0.0168. The van der Waals surface area contributed by atoms with Crippen molar-refractivity contribution in [1.82, 2.24) is 19.4 Å². The zero-order chi connectivity index (χ0) is 30.0. The molecule has 0 saturated carbocycles. The first-order chi connectivity index (χ1) is 21.5. The molecule has 2 aliphatic heterocycles. The van der Waals surface area contributed by atoms with Crippen molar-refractivity contribution in [3.63, 3.8) is 0 Å². The summed E-state index contributed by atoms with van der Waals surface area (Å²) in [5.41, 5.74) is 3.74. The molecule has 0 spiro atoms. The maximum absolute atomic E-state index is 14.3. The number of ether oxygens (including phenoxy) is 3. The number of halogens is 1. The van der Waals surface area contributed by atoms with Gasteiger partial charge in [0.05, 0.1) is 31.1 Å². The van der Waals surface area contributed by atoms with Crippen LogP contribution in [0.4, 0.5) is 20.6 Å². The van der Waals surface area contributed by atoms with Crippen molar-refractivity contribution < 1.29 is 23.4 Å². The lowest BCUT2D eigenvalue weighted by atomic mass is 10.1. The van der Waals surface area contributed by atoms with Crippen LogP contribution in [0.2, 0.25) is 0 Å². The second kappa shape index (κ2) is 11.8. The summed E-state index contributed by atoms with van der Waals surface area (Å²) in [6.45, 7) is 3.06. The fourth-order valence-corrected chi connectivity index (χ4v) is 5.41. The normalized spacial score (nSPS) is 15.2. The highest BCUT2D eigenvalue weighted by atomic mass is 19.1. The number of rotatable bonds is 8. The van der Waals surface area contributed by atoms with Crippen LogP contribution in [0, 0.1) is 5.82 Å². The molecule has 5 heterocycles. The van der Waals surface area contributed by atoms with E-state index in [0.717, 1.165) is 22.5 Å². The van der Waals surface area contributed by atoms with Crippen LogP contribution in [-0.2, 0) is 22.5 Å². The number of aromatic nitrogens is 4. The third-order valence-electron chi connectivity index (χ3n) is 7.66. The molecule has 2 fully saturated rings. The zero-order valence-corrected chi connectivity index (χ0v) is 23.7. The van der Waals surface area contributed by atoms with Crippen LogP contribution in [0.5, 0.6) is 5.75 Å². The van der Waals surface area contributed by atoms with Crippen molar-refractivity contribution in [2.24, 2.45) is 0 Å². The van der Waals surface area contributed by atoms with Gasteiger partial charge in [-0.3, -0.25) is 14.1 Å². The first kappa shape index (κ1) is 27.6. The lowest BCUT2D eigenvalue weighted by Crippen LogP contribution is -2.37. The molecule has 1 amide bonds. The summed E-state index contributed by atoms with van der Waals surface area (Å²) < 4.78 is 31.8. The molecule has 2 aromatic carbocycles. The summed E-state index contributed by atoms with van der Waals surface area (Å²) >= 11 is 0. The lowest BCUT2D eigenvalue weighted by Gasteiger charge is -2.30. The highest BCUT2D eigenvalue weighted by Crippen LogP contribution is 2.32. The number of cyclic esters (lactones) is 1. The Bertz CT molecular complexity index is 1870. The van der Waals surface area contributed by atoms with E-state index in [-0.39, 0.29) is 36.1 Å². The molecule has 7 rings (SSSR count). The van der Waals surface area contributed by atoms with Crippen molar-refractivity contribution >= 4 is 23.1 Å². The molecule has 11 nitrogen and oxygen atoms in total. The van der Waals surface area contributed by atoms with Gasteiger partial charge < -0.3 is 24.1 Å². The summed E-state index contributed by atoms with van der Waals surface area (Å²) in [4.78, 5) is 43.4. The van der Waals surface area contributed by atoms with E-state index in [9.17, 15) is 14.0 Å². The number of imidazole rings is 1. The largest absolute Gasteiger partial charge is 0.481 e. The van der Waals surface area contributed by atoms with Gasteiger partial charge in [0.25, 0.3) is 0 Å².